The first-order valence-corrected chi connectivity index (χ1v) is 8.36. The van der Waals surface area contributed by atoms with Crippen LogP contribution < -0.4 is 10.1 Å². The molecule has 104 valence electrons. The Morgan fingerprint density at radius 1 is 1.32 bits per heavy atom. The Labute approximate surface area is 126 Å². The molecule has 1 aromatic heterocycles. The number of fused-ring (bicyclic) bond motifs is 1. The molecule has 1 aliphatic rings. The summed E-state index contributed by atoms with van der Waals surface area (Å²) >= 11 is 5.09. The monoisotopic (exact) mass is 342 g/mol. The topological polar surface area (TPSA) is 34.1 Å². The predicted octanol–water partition coefficient (Wildman–Crippen LogP) is 4.22. The van der Waals surface area contributed by atoms with E-state index in [0.717, 1.165) is 41.1 Å². The van der Waals surface area contributed by atoms with Gasteiger partial charge in [-0.05, 0) is 44.1 Å². The van der Waals surface area contributed by atoms with Gasteiger partial charge >= 0.3 is 0 Å². The molecule has 2 heterocycles. The van der Waals surface area contributed by atoms with E-state index < -0.39 is 0 Å². The van der Waals surface area contributed by atoms with Gasteiger partial charge in [-0.25, -0.2) is 4.98 Å². The van der Waals surface area contributed by atoms with Gasteiger partial charge in [-0.1, -0.05) is 41.1 Å². The second-order valence-corrected chi connectivity index (χ2v) is 6.07. The Balaban J connectivity index is 0.000000637. The Morgan fingerprint density at radius 3 is 2.79 bits per heavy atom. The van der Waals surface area contributed by atoms with Crippen molar-refractivity contribution in [3.8, 4) is 5.19 Å². The van der Waals surface area contributed by atoms with E-state index in [1.54, 1.807) is 11.3 Å². The van der Waals surface area contributed by atoms with Crippen molar-refractivity contribution in [1.82, 2.24) is 10.3 Å². The Bertz CT molecular complexity index is 523. The molecule has 5 heteroatoms. The number of hydrogen-bond donors (Lipinski definition) is 1. The van der Waals surface area contributed by atoms with Crippen molar-refractivity contribution >= 4 is 37.5 Å². The van der Waals surface area contributed by atoms with Gasteiger partial charge in [0.25, 0.3) is 5.19 Å². The van der Waals surface area contributed by atoms with Crippen LogP contribution in [0.5, 0.6) is 5.19 Å². The van der Waals surface area contributed by atoms with Gasteiger partial charge in [-0.2, -0.15) is 0 Å². The molecule has 0 aliphatic carbocycles. The molecular formula is C14H19BrN2OS. The van der Waals surface area contributed by atoms with Gasteiger partial charge < -0.3 is 10.1 Å². The maximum atomic E-state index is 5.93. The third-order valence-corrected chi connectivity index (χ3v) is 4.29. The lowest BCUT2D eigenvalue weighted by atomic mass is 10.1. The highest BCUT2D eigenvalue weighted by atomic mass is 79.9. The van der Waals surface area contributed by atoms with Crippen LogP contribution in [0.15, 0.2) is 22.7 Å². The number of halogens is 1. The second kappa shape index (κ2) is 7.22. The van der Waals surface area contributed by atoms with Crippen LogP contribution in [0.3, 0.4) is 0 Å². The van der Waals surface area contributed by atoms with Crippen molar-refractivity contribution in [2.24, 2.45) is 0 Å². The van der Waals surface area contributed by atoms with E-state index in [0.29, 0.717) is 6.10 Å². The summed E-state index contributed by atoms with van der Waals surface area (Å²) in [7, 11) is 0. The van der Waals surface area contributed by atoms with E-state index >= 15 is 0 Å². The molecule has 19 heavy (non-hydrogen) atoms. The number of thiazole rings is 1. The highest BCUT2D eigenvalue weighted by Gasteiger charge is 2.16. The molecule has 0 amide bonds. The number of ether oxygens (including phenoxy) is 1. The summed E-state index contributed by atoms with van der Waals surface area (Å²) in [5.74, 6) is 0. The summed E-state index contributed by atoms with van der Waals surface area (Å²) in [4.78, 5) is 4.50. The zero-order valence-electron chi connectivity index (χ0n) is 11.3. The second-order valence-electron chi connectivity index (χ2n) is 4.16. The molecule has 1 N–H and O–H groups in total. The first-order valence-electron chi connectivity index (χ1n) is 6.75. The Morgan fingerprint density at radius 2 is 2.05 bits per heavy atom. The normalized spacial score (nSPS) is 15.9. The fourth-order valence-corrected chi connectivity index (χ4v) is 3.42. The van der Waals surface area contributed by atoms with Gasteiger partial charge in [0, 0.05) is 4.47 Å². The van der Waals surface area contributed by atoms with E-state index in [9.17, 15) is 0 Å². The average molecular weight is 343 g/mol. The van der Waals surface area contributed by atoms with Crippen LogP contribution in [0.25, 0.3) is 10.2 Å². The summed E-state index contributed by atoms with van der Waals surface area (Å²) in [6.45, 7) is 6.09. The van der Waals surface area contributed by atoms with Crippen LogP contribution in [0.2, 0.25) is 0 Å². The summed E-state index contributed by atoms with van der Waals surface area (Å²) in [5.41, 5.74) is 1.02. The fraction of sp³-hybridized carbons (Fsp3) is 0.500. The van der Waals surface area contributed by atoms with E-state index in [1.807, 2.05) is 26.0 Å². The third kappa shape index (κ3) is 3.91. The van der Waals surface area contributed by atoms with Gasteiger partial charge in [-0.3, -0.25) is 0 Å². The number of benzene rings is 1. The quantitative estimate of drug-likeness (QED) is 0.887. The zero-order valence-corrected chi connectivity index (χ0v) is 13.7. The van der Waals surface area contributed by atoms with Crippen LogP contribution >= 0.6 is 27.3 Å². The molecule has 1 saturated heterocycles. The minimum Gasteiger partial charge on any atom is -0.467 e. The molecule has 1 fully saturated rings. The van der Waals surface area contributed by atoms with Gasteiger partial charge in [0.05, 0.1) is 10.2 Å². The number of nitrogens with one attached hydrogen (secondary N) is 1. The third-order valence-electron chi connectivity index (χ3n) is 2.88. The standard InChI is InChI=1S/C12H13BrN2OS.C2H6/c13-8-1-2-10-11(7-8)17-12(15-10)16-9-3-5-14-6-4-9;1-2/h1-2,7,9,14H,3-6H2;1-2H3. The van der Waals surface area contributed by atoms with Crippen molar-refractivity contribution in [3.63, 3.8) is 0 Å². The molecule has 3 nitrogen and oxygen atoms in total. The van der Waals surface area contributed by atoms with Crippen molar-refractivity contribution in [3.05, 3.63) is 22.7 Å². The molecular weight excluding hydrogens is 324 g/mol. The lowest BCUT2D eigenvalue weighted by molar-refractivity contribution is 0.162. The number of hydrogen-bond acceptors (Lipinski definition) is 4. The van der Waals surface area contributed by atoms with Crippen LogP contribution in [0.4, 0.5) is 0 Å². The van der Waals surface area contributed by atoms with E-state index in [1.165, 1.54) is 4.70 Å². The molecule has 0 spiro atoms. The van der Waals surface area contributed by atoms with Crippen molar-refractivity contribution in [1.29, 1.82) is 0 Å². The van der Waals surface area contributed by atoms with Crippen molar-refractivity contribution < 1.29 is 4.74 Å². The summed E-state index contributed by atoms with van der Waals surface area (Å²) in [6.07, 6.45) is 2.46. The van der Waals surface area contributed by atoms with E-state index in [-0.39, 0.29) is 0 Å². The highest BCUT2D eigenvalue weighted by Crippen LogP contribution is 2.31. The summed E-state index contributed by atoms with van der Waals surface area (Å²) < 4.78 is 8.19. The van der Waals surface area contributed by atoms with E-state index in [4.69, 9.17) is 4.74 Å². The molecule has 2 aromatic rings. The average Bonchev–Trinajstić information content (AvgIpc) is 2.83. The van der Waals surface area contributed by atoms with Crippen LogP contribution in [-0.4, -0.2) is 24.2 Å². The van der Waals surface area contributed by atoms with E-state index in [2.05, 4.69) is 32.3 Å². The number of rotatable bonds is 2. The maximum absolute atomic E-state index is 5.93. The lowest BCUT2D eigenvalue weighted by Gasteiger charge is -2.22. The van der Waals surface area contributed by atoms with Crippen LogP contribution in [-0.2, 0) is 0 Å². The first-order chi connectivity index (χ1) is 9.31. The molecule has 0 bridgehead atoms. The molecule has 1 aliphatic heterocycles. The minimum absolute atomic E-state index is 0.320. The lowest BCUT2D eigenvalue weighted by Crippen LogP contribution is -2.34. The Hall–Kier alpha value is -0.650. The smallest absolute Gasteiger partial charge is 0.274 e. The number of aromatic nitrogens is 1. The molecule has 0 radical (unpaired) electrons. The zero-order chi connectivity index (χ0) is 13.7. The molecule has 1 aromatic carbocycles. The molecule has 0 atom stereocenters. The summed E-state index contributed by atoms with van der Waals surface area (Å²) in [5, 5.41) is 4.13. The highest BCUT2D eigenvalue weighted by molar-refractivity contribution is 9.10. The first kappa shape index (κ1) is 14.8. The van der Waals surface area contributed by atoms with Gasteiger partial charge in [-0.15, -0.1) is 0 Å². The minimum atomic E-state index is 0.320. The van der Waals surface area contributed by atoms with Crippen molar-refractivity contribution in [2.75, 3.05) is 13.1 Å². The van der Waals surface area contributed by atoms with Crippen LogP contribution in [0.1, 0.15) is 26.7 Å². The van der Waals surface area contributed by atoms with Gasteiger partial charge in [0.1, 0.15) is 6.10 Å². The van der Waals surface area contributed by atoms with Crippen molar-refractivity contribution in [2.45, 2.75) is 32.8 Å². The molecule has 3 rings (SSSR count). The fourth-order valence-electron chi connectivity index (χ4n) is 1.98. The van der Waals surface area contributed by atoms with Crippen LogP contribution in [0, 0.1) is 0 Å². The van der Waals surface area contributed by atoms with Gasteiger partial charge in [0.2, 0.25) is 0 Å². The summed E-state index contributed by atoms with van der Waals surface area (Å²) in [6, 6.07) is 6.11. The predicted molar refractivity (Wildman–Crippen MR) is 85.2 cm³/mol. The number of piperidine rings is 1. The largest absolute Gasteiger partial charge is 0.467 e. The maximum Gasteiger partial charge on any atom is 0.274 e. The van der Waals surface area contributed by atoms with Gasteiger partial charge in [0.15, 0.2) is 0 Å². The SMILES string of the molecule is Brc1ccc2nc(OC3CCNCC3)sc2c1.CC. The molecule has 0 unspecified atom stereocenters. The number of nitrogens with zero attached hydrogens (tertiary/aromatic N) is 1. The Kier molecular flexibility index (Phi) is 5.60. The molecule has 0 saturated carbocycles.